The van der Waals surface area contributed by atoms with Gasteiger partial charge in [0.1, 0.15) is 0 Å². The van der Waals surface area contributed by atoms with Crippen LogP contribution >= 0.6 is 11.3 Å². The summed E-state index contributed by atoms with van der Waals surface area (Å²) < 4.78 is 0. The molecule has 0 radical (unpaired) electrons. The lowest BCUT2D eigenvalue weighted by Crippen LogP contribution is -2.38. The fourth-order valence-corrected chi connectivity index (χ4v) is 3.64. The quantitative estimate of drug-likeness (QED) is 0.727. The fraction of sp³-hybridized carbons (Fsp3) is 0.312. The second-order valence-electron chi connectivity index (χ2n) is 5.68. The van der Waals surface area contributed by atoms with Gasteiger partial charge in [-0.3, -0.25) is 9.78 Å². The first-order chi connectivity index (χ1) is 11.8. The Kier molecular flexibility index (Phi) is 4.04. The van der Waals surface area contributed by atoms with E-state index in [1.165, 1.54) is 11.3 Å². The van der Waals surface area contributed by atoms with Gasteiger partial charge in [0.2, 0.25) is 5.82 Å². The summed E-state index contributed by atoms with van der Waals surface area (Å²) in [5.74, 6) is 0.675. The molecule has 3 aromatic rings. The number of likely N-dealkylation sites (tertiary alicyclic amines) is 1. The number of carbonyl (C=O) groups is 1. The number of hydrogen-bond donors (Lipinski definition) is 0. The topological polar surface area (TPSA) is 76.8 Å². The molecule has 1 saturated heterocycles. The molecule has 0 N–H and O–H groups in total. The van der Waals surface area contributed by atoms with Gasteiger partial charge in [0, 0.05) is 24.5 Å². The van der Waals surface area contributed by atoms with Crippen molar-refractivity contribution in [1.82, 2.24) is 30.1 Å². The van der Waals surface area contributed by atoms with Crippen LogP contribution in [-0.4, -0.2) is 48.6 Å². The Balaban J connectivity index is 1.49. The normalized spacial score (nSPS) is 17.3. The number of aromatic nitrogens is 5. The summed E-state index contributed by atoms with van der Waals surface area (Å²) in [6, 6.07) is 7.59. The largest absolute Gasteiger partial charge is 0.333 e. The minimum Gasteiger partial charge on any atom is -0.333 e. The fourth-order valence-electron chi connectivity index (χ4n) is 2.96. The smallest absolute Gasteiger partial charge is 0.264 e. The Morgan fingerprint density at radius 1 is 1.29 bits per heavy atom. The molecule has 1 unspecified atom stereocenters. The Hall–Kier alpha value is -2.61. The highest BCUT2D eigenvalue weighted by atomic mass is 32.1. The minimum absolute atomic E-state index is 0.0990. The Morgan fingerprint density at radius 2 is 2.17 bits per heavy atom. The molecule has 1 atom stereocenters. The zero-order chi connectivity index (χ0) is 16.4. The Morgan fingerprint density at radius 3 is 2.96 bits per heavy atom. The summed E-state index contributed by atoms with van der Waals surface area (Å²) in [4.78, 5) is 20.9. The molecule has 0 aromatic carbocycles. The molecular formula is C16H16N6OS. The van der Waals surface area contributed by atoms with Crippen molar-refractivity contribution in [2.24, 2.45) is 0 Å². The van der Waals surface area contributed by atoms with Gasteiger partial charge in [-0.15, -0.1) is 21.5 Å². The van der Waals surface area contributed by atoms with Crippen LogP contribution in [0.15, 0.2) is 42.0 Å². The molecule has 1 aliphatic rings. The lowest BCUT2D eigenvalue weighted by molar-refractivity contribution is 0.0723. The number of carbonyl (C=O) groups excluding carboxylic acids is 1. The van der Waals surface area contributed by atoms with Crippen molar-refractivity contribution in [2.45, 2.75) is 25.4 Å². The van der Waals surface area contributed by atoms with Crippen molar-refractivity contribution >= 4 is 17.2 Å². The summed E-state index contributed by atoms with van der Waals surface area (Å²) >= 11 is 1.48. The van der Waals surface area contributed by atoms with E-state index in [-0.39, 0.29) is 11.9 Å². The molecule has 24 heavy (non-hydrogen) atoms. The maximum atomic E-state index is 12.6. The average Bonchev–Trinajstić information content (AvgIpc) is 3.37. The van der Waals surface area contributed by atoms with Gasteiger partial charge in [0.05, 0.1) is 17.5 Å². The zero-order valence-electron chi connectivity index (χ0n) is 12.9. The lowest BCUT2D eigenvalue weighted by atomic mass is 10.2. The average molecular weight is 340 g/mol. The molecule has 0 aliphatic carbocycles. The van der Waals surface area contributed by atoms with E-state index in [1.807, 2.05) is 34.5 Å². The van der Waals surface area contributed by atoms with Gasteiger partial charge < -0.3 is 4.90 Å². The van der Waals surface area contributed by atoms with E-state index in [1.54, 1.807) is 17.2 Å². The van der Waals surface area contributed by atoms with Crippen molar-refractivity contribution < 1.29 is 4.79 Å². The zero-order valence-corrected chi connectivity index (χ0v) is 13.8. The SMILES string of the molecule is O=C(c1cccs1)N1CCCC1Cn1nnc(-c2ccncc2)n1. The number of rotatable bonds is 4. The van der Waals surface area contributed by atoms with E-state index in [0.29, 0.717) is 12.4 Å². The van der Waals surface area contributed by atoms with Crippen LogP contribution in [-0.2, 0) is 6.54 Å². The van der Waals surface area contributed by atoms with Gasteiger partial charge >= 0.3 is 0 Å². The summed E-state index contributed by atoms with van der Waals surface area (Å²) in [7, 11) is 0. The van der Waals surface area contributed by atoms with Crippen LogP contribution in [0.2, 0.25) is 0 Å². The third-order valence-corrected chi connectivity index (χ3v) is 4.99. The molecule has 8 heteroatoms. The van der Waals surface area contributed by atoms with Gasteiger partial charge in [0.25, 0.3) is 5.91 Å². The van der Waals surface area contributed by atoms with Gasteiger partial charge in [-0.1, -0.05) is 6.07 Å². The first kappa shape index (κ1) is 14.9. The van der Waals surface area contributed by atoms with Crippen LogP contribution in [0, 0.1) is 0 Å². The summed E-state index contributed by atoms with van der Waals surface area (Å²) in [5.41, 5.74) is 0.884. The monoisotopic (exact) mass is 340 g/mol. The molecular weight excluding hydrogens is 324 g/mol. The van der Waals surface area contributed by atoms with Gasteiger partial charge in [-0.05, 0) is 41.6 Å². The number of amides is 1. The van der Waals surface area contributed by atoms with Crippen LogP contribution in [0.3, 0.4) is 0 Å². The number of tetrazole rings is 1. The molecule has 0 spiro atoms. The molecule has 1 amide bonds. The van der Waals surface area contributed by atoms with Crippen molar-refractivity contribution in [1.29, 1.82) is 0 Å². The van der Waals surface area contributed by atoms with E-state index in [0.717, 1.165) is 29.8 Å². The van der Waals surface area contributed by atoms with Crippen LogP contribution < -0.4 is 0 Å². The van der Waals surface area contributed by atoms with Crippen molar-refractivity contribution in [2.75, 3.05) is 6.54 Å². The highest BCUT2D eigenvalue weighted by Gasteiger charge is 2.30. The Bertz CT molecular complexity index is 816. The molecule has 0 saturated carbocycles. The predicted octanol–water partition coefficient (Wildman–Crippen LogP) is 2.10. The lowest BCUT2D eigenvalue weighted by Gasteiger charge is -2.23. The van der Waals surface area contributed by atoms with Crippen molar-refractivity contribution in [3.8, 4) is 11.4 Å². The number of pyridine rings is 1. The molecule has 4 rings (SSSR count). The molecule has 3 aromatic heterocycles. The van der Waals surface area contributed by atoms with E-state index in [2.05, 4.69) is 20.4 Å². The Labute approximate surface area is 142 Å². The summed E-state index contributed by atoms with van der Waals surface area (Å²) in [5, 5.41) is 14.6. The standard InChI is InChI=1S/C16H16N6OS/c23-16(14-4-2-10-24-14)21-9-1-3-13(21)11-22-19-15(18-20-22)12-5-7-17-8-6-12/h2,4-8,10,13H,1,3,9,11H2. The summed E-state index contributed by atoms with van der Waals surface area (Å²) in [6.45, 7) is 1.35. The van der Waals surface area contributed by atoms with E-state index in [9.17, 15) is 4.79 Å². The summed E-state index contributed by atoms with van der Waals surface area (Å²) in [6.07, 6.45) is 5.37. The second kappa shape index (κ2) is 6.48. The number of thiophene rings is 1. The maximum Gasteiger partial charge on any atom is 0.264 e. The predicted molar refractivity (Wildman–Crippen MR) is 89.4 cm³/mol. The molecule has 7 nitrogen and oxygen atoms in total. The third-order valence-electron chi connectivity index (χ3n) is 4.14. The van der Waals surface area contributed by atoms with Gasteiger partial charge in [0.15, 0.2) is 0 Å². The second-order valence-corrected chi connectivity index (χ2v) is 6.62. The van der Waals surface area contributed by atoms with Crippen LogP contribution in [0.4, 0.5) is 0 Å². The first-order valence-electron chi connectivity index (χ1n) is 7.84. The van der Waals surface area contributed by atoms with Crippen molar-refractivity contribution in [3.63, 3.8) is 0 Å². The molecule has 1 aliphatic heterocycles. The maximum absolute atomic E-state index is 12.6. The highest BCUT2D eigenvalue weighted by molar-refractivity contribution is 7.12. The van der Waals surface area contributed by atoms with E-state index >= 15 is 0 Å². The third kappa shape index (κ3) is 2.92. The van der Waals surface area contributed by atoms with Crippen LogP contribution in [0.1, 0.15) is 22.5 Å². The molecule has 0 bridgehead atoms. The van der Waals surface area contributed by atoms with Crippen LogP contribution in [0.25, 0.3) is 11.4 Å². The molecule has 1 fully saturated rings. The van der Waals surface area contributed by atoms with Gasteiger partial charge in [-0.2, -0.15) is 4.80 Å². The van der Waals surface area contributed by atoms with Crippen LogP contribution in [0.5, 0.6) is 0 Å². The van der Waals surface area contributed by atoms with Crippen molar-refractivity contribution in [3.05, 3.63) is 46.9 Å². The first-order valence-corrected chi connectivity index (χ1v) is 8.72. The molecule has 4 heterocycles. The van der Waals surface area contributed by atoms with E-state index in [4.69, 9.17) is 0 Å². The number of nitrogens with zero attached hydrogens (tertiary/aromatic N) is 6. The van der Waals surface area contributed by atoms with Gasteiger partial charge in [-0.25, -0.2) is 0 Å². The number of hydrogen-bond acceptors (Lipinski definition) is 6. The minimum atomic E-state index is 0.0990. The molecule has 122 valence electrons. The highest BCUT2D eigenvalue weighted by Crippen LogP contribution is 2.23. The van der Waals surface area contributed by atoms with E-state index < -0.39 is 0 Å².